The van der Waals surface area contributed by atoms with Crippen LogP contribution in [-0.4, -0.2) is 52.4 Å². The molecule has 3 aromatic carbocycles. The minimum absolute atomic E-state index is 0.112. The summed E-state index contributed by atoms with van der Waals surface area (Å²) in [5.74, 6) is -2.28. The molecular weight excluding hydrogens is 520 g/mol. The van der Waals surface area contributed by atoms with E-state index in [4.69, 9.17) is 0 Å². The highest BCUT2D eigenvalue weighted by molar-refractivity contribution is 6.09. The number of fused-ring (bicyclic) bond motifs is 2. The number of benzene rings is 3. The molecule has 1 aliphatic heterocycles. The fraction of sp³-hybridized carbons (Fsp3) is 0.250. The van der Waals surface area contributed by atoms with E-state index in [0.29, 0.717) is 35.0 Å². The van der Waals surface area contributed by atoms with Gasteiger partial charge in [0.05, 0.1) is 6.42 Å². The predicted octanol–water partition coefficient (Wildman–Crippen LogP) is 4.31. The molecule has 0 bridgehead atoms. The lowest BCUT2D eigenvalue weighted by Gasteiger charge is -2.31. The van der Waals surface area contributed by atoms with Crippen LogP contribution in [0.3, 0.4) is 0 Å². The van der Waals surface area contributed by atoms with Gasteiger partial charge in [0.2, 0.25) is 11.8 Å². The van der Waals surface area contributed by atoms with Gasteiger partial charge in [-0.25, -0.2) is 0 Å². The third-order valence-electron chi connectivity index (χ3n) is 7.34. The summed E-state index contributed by atoms with van der Waals surface area (Å²) in [6.07, 6.45) is 0.494. The van der Waals surface area contributed by atoms with E-state index < -0.39 is 23.8 Å². The molecule has 0 radical (unpaired) electrons. The van der Waals surface area contributed by atoms with Crippen molar-refractivity contribution in [1.82, 2.24) is 10.3 Å². The molecule has 1 aromatic heterocycles. The Hall–Kier alpha value is -4.92. The lowest BCUT2D eigenvalue weighted by molar-refractivity contribution is -0.136. The number of amides is 3. The van der Waals surface area contributed by atoms with Gasteiger partial charge in [-0.3, -0.25) is 19.2 Å². The van der Waals surface area contributed by atoms with Crippen molar-refractivity contribution in [2.24, 2.45) is 0 Å². The fourth-order valence-electron chi connectivity index (χ4n) is 5.50. The summed E-state index contributed by atoms with van der Waals surface area (Å²) >= 11 is 0. The highest BCUT2D eigenvalue weighted by Gasteiger charge is 2.35. The maximum Gasteiger partial charge on any atom is 0.307 e. The monoisotopic (exact) mass is 552 g/mol. The lowest BCUT2D eigenvalue weighted by atomic mass is 10.0. The number of aryl methyl sites for hydroxylation is 1. The number of hydrogen-bond acceptors (Lipinski definition) is 4. The summed E-state index contributed by atoms with van der Waals surface area (Å²) in [7, 11) is 0. The molecule has 0 saturated heterocycles. The van der Waals surface area contributed by atoms with E-state index in [1.165, 1.54) is 4.90 Å². The Morgan fingerprint density at radius 1 is 1.00 bits per heavy atom. The third kappa shape index (κ3) is 5.70. The molecule has 0 spiro atoms. The Bertz CT molecular complexity index is 1610. The molecule has 5 rings (SSSR count). The molecule has 3 N–H and O–H groups in total. The second-order valence-corrected chi connectivity index (χ2v) is 10.4. The van der Waals surface area contributed by atoms with Crippen LogP contribution in [0.5, 0.6) is 0 Å². The second-order valence-electron chi connectivity index (χ2n) is 10.4. The number of hydrogen-bond donors (Lipinski definition) is 3. The Morgan fingerprint density at radius 3 is 2.41 bits per heavy atom. The Labute approximate surface area is 237 Å². The van der Waals surface area contributed by atoms with Crippen LogP contribution in [-0.2, 0) is 27.2 Å². The van der Waals surface area contributed by atoms with Gasteiger partial charge in [0.1, 0.15) is 18.3 Å². The number of rotatable bonds is 8. The number of nitrogens with zero attached hydrogens (tertiary/aromatic N) is 2. The van der Waals surface area contributed by atoms with Crippen LogP contribution in [0.2, 0.25) is 0 Å². The van der Waals surface area contributed by atoms with Crippen LogP contribution >= 0.6 is 0 Å². The minimum Gasteiger partial charge on any atom is -0.481 e. The first-order chi connectivity index (χ1) is 19.7. The van der Waals surface area contributed by atoms with Gasteiger partial charge >= 0.3 is 5.97 Å². The van der Waals surface area contributed by atoms with Crippen molar-refractivity contribution in [2.75, 3.05) is 16.3 Å². The molecule has 0 fully saturated rings. The van der Waals surface area contributed by atoms with Crippen molar-refractivity contribution in [1.29, 1.82) is 0 Å². The van der Waals surface area contributed by atoms with Crippen LogP contribution < -0.4 is 15.1 Å². The highest BCUT2D eigenvalue weighted by atomic mass is 16.4. The molecule has 3 amide bonds. The van der Waals surface area contributed by atoms with E-state index in [-0.39, 0.29) is 30.6 Å². The SMILES string of the molecule is CC(C)N(C(=O)CN1C(=O)C(NC(=O)c2[nH]c3ccccc3c2CC(=O)O)CCc2ccccc21)c1ccccc1. The zero-order valence-corrected chi connectivity index (χ0v) is 23.0. The van der Waals surface area contributed by atoms with Gasteiger partial charge in [-0.2, -0.15) is 0 Å². The predicted molar refractivity (Wildman–Crippen MR) is 157 cm³/mol. The van der Waals surface area contributed by atoms with Crippen LogP contribution in [0.4, 0.5) is 11.4 Å². The zero-order valence-electron chi connectivity index (χ0n) is 23.0. The summed E-state index contributed by atoms with van der Waals surface area (Å²) < 4.78 is 0. The Kier molecular flexibility index (Phi) is 7.87. The van der Waals surface area contributed by atoms with Gasteiger partial charge in [0.15, 0.2) is 0 Å². The number of H-pyrrole nitrogens is 1. The average Bonchev–Trinajstić information content (AvgIpc) is 3.26. The van der Waals surface area contributed by atoms with Crippen LogP contribution in [0.1, 0.15) is 41.9 Å². The number of anilines is 2. The Balaban J connectivity index is 1.45. The maximum atomic E-state index is 14.0. The van der Waals surface area contributed by atoms with Crippen LogP contribution in [0, 0.1) is 0 Å². The Morgan fingerprint density at radius 2 is 1.68 bits per heavy atom. The molecule has 1 unspecified atom stereocenters. The van der Waals surface area contributed by atoms with Gasteiger partial charge in [0, 0.05) is 33.9 Å². The third-order valence-corrected chi connectivity index (χ3v) is 7.34. The molecule has 0 aliphatic carbocycles. The van der Waals surface area contributed by atoms with Crippen molar-refractivity contribution < 1.29 is 24.3 Å². The largest absolute Gasteiger partial charge is 0.481 e. The van der Waals surface area contributed by atoms with Gasteiger partial charge in [-0.15, -0.1) is 0 Å². The number of aromatic nitrogens is 1. The smallest absolute Gasteiger partial charge is 0.307 e. The van der Waals surface area contributed by atoms with Crippen molar-refractivity contribution >= 4 is 46.0 Å². The molecule has 1 atom stereocenters. The van der Waals surface area contributed by atoms with E-state index in [1.54, 1.807) is 29.2 Å². The number of carbonyl (C=O) groups excluding carboxylic acids is 3. The molecule has 210 valence electrons. The number of carboxylic acid groups (broad SMARTS) is 1. The average molecular weight is 553 g/mol. The van der Waals surface area contributed by atoms with E-state index >= 15 is 0 Å². The fourth-order valence-corrected chi connectivity index (χ4v) is 5.50. The standard InChI is InChI=1S/C32H32N4O5/c1-20(2)36(22-11-4-3-5-12-22)28(37)19-35-27-15-9-6-10-21(27)16-17-26(32(35)41)34-31(40)30-24(18-29(38)39)23-13-7-8-14-25(23)33-30/h3-15,20,26,33H,16-19H2,1-2H3,(H,34,40)(H,38,39). The molecule has 0 saturated carbocycles. The van der Waals surface area contributed by atoms with E-state index in [9.17, 15) is 24.3 Å². The van der Waals surface area contributed by atoms with Gasteiger partial charge in [-0.1, -0.05) is 54.6 Å². The molecule has 41 heavy (non-hydrogen) atoms. The number of aromatic amines is 1. The number of aliphatic carboxylic acids is 1. The summed E-state index contributed by atoms with van der Waals surface area (Å²) in [5.41, 5.74) is 3.38. The maximum absolute atomic E-state index is 14.0. The zero-order chi connectivity index (χ0) is 29.1. The van der Waals surface area contributed by atoms with Crippen LogP contribution in [0.25, 0.3) is 10.9 Å². The number of para-hydroxylation sites is 3. The summed E-state index contributed by atoms with van der Waals surface area (Å²) in [5, 5.41) is 13.0. The topological polar surface area (TPSA) is 123 Å². The number of carbonyl (C=O) groups is 4. The molecule has 2 heterocycles. The van der Waals surface area contributed by atoms with E-state index in [0.717, 1.165) is 11.3 Å². The minimum atomic E-state index is -1.07. The number of nitrogens with one attached hydrogen (secondary N) is 2. The van der Waals surface area contributed by atoms with Crippen LogP contribution in [0.15, 0.2) is 78.9 Å². The molecule has 9 nitrogen and oxygen atoms in total. The number of carboxylic acids is 1. The van der Waals surface area contributed by atoms with Crippen molar-refractivity contribution in [3.63, 3.8) is 0 Å². The molecular formula is C32H32N4O5. The van der Waals surface area contributed by atoms with Crippen molar-refractivity contribution in [3.05, 3.63) is 95.7 Å². The summed E-state index contributed by atoms with van der Waals surface area (Å²) in [6.45, 7) is 3.63. The first kappa shape index (κ1) is 27.6. The van der Waals surface area contributed by atoms with Gasteiger partial charge in [-0.05, 0) is 56.5 Å². The summed E-state index contributed by atoms with van der Waals surface area (Å²) in [6, 6.07) is 22.8. The van der Waals surface area contributed by atoms with Gasteiger partial charge in [0.25, 0.3) is 5.91 Å². The second kappa shape index (κ2) is 11.7. The highest BCUT2D eigenvalue weighted by Crippen LogP contribution is 2.29. The quantitative estimate of drug-likeness (QED) is 0.301. The first-order valence-electron chi connectivity index (χ1n) is 13.6. The van der Waals surface area contributed by atoms with E-state index in [1.807, 2.05) is 68.4 Å². The van der Waals surface area contributed by atoms with Gasteiger partial charge < -0.3 is 25.2 Å². The normalized spacial score (nSPS) is 15.0. The van der Waals surface area contributed by atoms with Crippen molar-refractivity contribution in [3.8, 4) is 0 Å². The first-order valence-corrected chi connectivity index (χ1v) is 13.6. The molecule has 9 heteroatoms. The van der Waals surface area contributed by atoms with E-state index in [2.05, 4.69) is 10.3 Å². The molecule has 4 aromatic rings. The van der Waals surface area contributed by atoms with Crippen molar-refractivity contribution in [2.45, 2.75) is 45.2 Å². The summed E-state index contributed by atoms with van der Waals surface area (Å²) in [4.78, 5) is 59.0. The molecule has 1 aliphatic rings. The lowest BCUT2D eigenvalue weighted by Crippen LogP contribution is -2.52.